The number of carbonyl (C=O) groups is 2. The molecule has 7 heteroatoms. The summed E-state index contributed by atoms with van der Waals surface area (Å²) in [7, 11) is 0. The minimum absolute atomic E-state index is 0.0279. The molecule has 0 saturated carbocycles. The van der Waals surface area contributed by atoms with Crippen LogP contribution < -0.4 is 4.90 Å². The molecule has 7 nitrogen and oxygen atoms in total. The summed E-state index contributed by atoms with van der Waals surface area (Å²) >= 11 is 0. The largest absolute Gasteiger partial charge is 0.481 e. The number of hydrogen-bond acceptors (Lipinski definition) is 5. The van der Waals surface area contributed by atoms with Crippen molar-refractivity contribution in [3.05, 3.63) is 30.1 Å². The third-order valence-electron chi connectivity index (χ3n) is 3.66. The molecule has 1 aromatic carbocycles. The third kappa shape index (κ3) is 2.57. The molecule has 22 heavy (non-hydrogen) atoms. The van der Waals surface area contributed by atoms with Crippen LogP contribution in [0.15, 0.2) is 28.8 Å². The van der Waals surface area contributed by atoms with Crippen LogP contribution in [0.5, 0.6) is 0 Å². The maximum Gasteiger partial charge on any atom is 0.308 e. The van der Waals surface area contributed by atoms with Crippen LogP contribution in [0.2, 0.25) is 0 Å². The Morgan fingerprint density at radius 3 is 2.95 bits per heavy atom. The van der Waals surface area contributed by atoms with E-state index in [2.05, 4.69) is 10.1 Å². The number of hydrogen-bond donors (Lipinski definition) is 1. The molecule has 1 fully saturated rings. The normalized spacial score (nSPS) is 18.0. The number of carbonyl (C=O) groups excluding carboxylic acids is 1. The van der Waals surface area contributed by atoms with Gasteiger partial charge in [0.05, 0.1) is 5.92 Å². The highest BCUT2D eigenvalue weighted by atomic mass is 16.5. The van der Waals surface area contributed by atoms with Crippen molar-refractivity contribution in [1.29, 1.82) is 0 Å². The zero-order valence-electron chi connectivity index (χ0n) is 12.0. The molecule has 0 radical (unpaired) electrons. The molecule has 1 amide bonds. The van der Waals surface area contributed by atoms with E-state index in [4.69, 9.17) is 9.63 Å². The fourth-order valence-electron chi connectivity index (χ4n) is 2.44. The first-order valence-corrected chi connectivity index (χ1v) is 7.04. The molecule has 0 bridgehead atoms. The summed E-state index contributed by atoms with van der Waals surface area (Å²) in [5.41, 5.74) is 1.35. The Hall–Kier alpha value is -2.70. The fourth-order valence-corrected chi connectivity index (χ4v) is 2.44. The van der Waals surface area contributed by atoms with Crippen LogP contribution >= 0.6 is 0 Å². The van der Waals surface area contributed by atoms with Crippen molar-refractivity contribution in [2.75, 3.05) is 11.4 Å². The number of nitrogens with zero attached hydrogens (tertiary/aromatic N) is 3. The van der Waals surface area contributed by atoms with Crippen LogP contribution in [0.1, 0.15) is 19.2 Å². The number of aryl methyl sites for hydroxylation is 1. The average Bonchev–Trinajstić information content (AvgIpc) is 3.14. The van der Waals surface area contributed by atoms with E-state index in [1.54, 1.807) is 18.2 Å². The smallest absolute Gasteiger partial charge is 0.308 e. The average molecular weight is 301 g/mol. The van der Waals surface area contributed by atoms with Crippen LogP contribution in [-0.4, -0.2) is 33.7 Å². The highest BCUT2D eigenvalue weighted by Crippen LogP contribution is 2.28. The standard InChI is InChI=1S/C15H15N3O4/c1-2-12-16-14(22-17-12)9-4-3-5-11(6-9)18-8-10(15(20)21)7-13(18)19/h3-6,10H,2,7-8H2,1H3,(H,20,21)/t10-/m1/s1. The summed E-state index contributed by atoms with van der Waals surface area (Å²) in [6, 6.07) is 7.12. The Morgan fingerprint density at radius 1 is 1.50 bits per heavy atom. The SMILES string of the molecule is CCc1noc(-c2cccc(N3C[C@H](C(=O)O)CC3=O)c2)n1. The second kappa shape index (κ2) is 5.59. The van der Waals surface area contributed by atoms with Gasteiger partial charge in [-0.05, 0) is 18.2 Å². The Bertz CT molecular complexity index is 725. The molecule has 1 aliphatic rings. The van der Waals surface area contributed by atoms with E-state index in [9.17, 15) is 9.59 Å². The number of amides is 1. The number of carboxylic acid groups (broad SMARTS) is 1. The zero-order chi connectivity index (χ0) is 15.7. The lowest BCUT2D eigenvalue weighted by atomic mass is 10.1. The van der Waals surface area contributed by atoms with E-state index in [0.29, 0.717) is 29.4 Å². The van der Waals surface area contributed by atoms with Crippen LogP contribution in [0.4, 0.5) is 5.69 Å². The first-order valence-electron chi connectivity index (χ1n) is 7.04. The monoisotopic (exact) mass is 301 g/mol. The van der Waals surface area contributed by atoms with Gasteiger partial charge in [0.15, 0.2) is 5.82 Å². The van der Waals surface area contributed by atoms with Gasteiger partial charge in [-0.2, -0.15) is 4.98 Å². The molecule has 1 aromatic heterocycles. The van der Waals surface area contributed by atoms with E-state index in [1.165, 1.54) is 4.90 Å². The molecule has 1 saturated heterocycles. The molecule has 114 valence electrons. The van der Waals surface area contributed by atoms with Crippen LogP contribution in [-0.2, 0) is 16.0 Å². The van der Waals surface area contributed by atoms with Crippen molar-refractivity contribution in [3.63, 3.8) is 0 Å². The van der Waals surface area contributed by atoms with E-state index >= 15 is 0 Å². The summed E-state index contributed by atoms with van der Waals surface area (Å²) in [5, 5.41) is 12.9. The number of rotatable bonds is 4. The third-order valence-corrected chi connectivity index (χ3v) is 3.66. The Balaban J connectivity index is 1.88. The van der Waals surface area contributed by atoms with Crippen LogP contribution in [0, 0.1) is 5.92 Å². The summed E-state index contributed by atoms with van der Waals surface area (Å²) in [5.74, 6) is -0.796. The van der Waals surface area contributed by atoms with Crippen molar-refractivity contribution >= 4 is 17.6 Å². The lowest BCUT2D eigenvalue weighted by molar-refractivity contribution is -0.141. The predicted molar refractivity (Wildman–Crippen MR) is 77.2 cm³/mol. The minimum Gasteiger partial charge on any atom is -0.481 e. The second-order valence-corrected chi connectivity index (χ2v) is 5.16. The Morgan fingerprint density at radius 2 is 2.32 bits per heavy atom. The van der Waals surface area contributed by atoms with Gasteiger partial charge in [-0.25, -0.2) is 0 Å². The number of aliphatic carboxylic acids is 1. The molecule has 0 spiro atoms. The number of aromatic nitrogens is 2. The summed E-state index contributed by atoms with van der Waals surface area (Å²) in [4.78, 5) is 28.8. The van der Waals surface area contributed by atoms with Crippen LogP contribution in [0.25, 0.3) is 11.5 Å². The molecule has 1 atom stereocenters. The van der Waals surface area contributed by atoms with Gasteiger partial charge in [0.2, 0.25) is 5.91 Å². The fraction of sp³-hybridized carbons (Fsp3) is 0.333. The molecule has 3 rings (SSSR count). The van der Waals surface area contributed by atoms with Gasteiger partial charge >= 0.3 is 5.97 Å². The van der Waals surface area contributed by atoms with Gasteiger partial charge in [0.25, 0.3) is 5.89 Å². The first kappa shape index (κ1) is 14.2. The minimum atomic E-state index is -0.948. The maximum absolute atomic E-state index is 12.0. The lowest BCUT2D eigenvalue weighted by Crippen LogP contribution is -2.25. The number of anilines is 1. The molecule has 2 heterocycles. The number of carboxylic acids is 1. The van der Waals surface area contributed by atoms with Gasteiger partial charge in [0, 0.05) is 30.6 Å². The zero-order valence-corrected chi connectivity index (χ0v) is 12.0. The van der Waals surface area contributed by atoms with E-state index < -0.39 is 11.9 Å². The van der Waals surface area contributed by atoms with Crippen molar-refractivity contribution < 1.29 is 19.2 Å². The second-order valence-electron chi connectivity index (χ2n) is 5.16. The Labute approximate surface area is 126 Å². The summed E-state index contributed by atoms with van der Waals surface area (Å²) in [6.07, 6.45) is 0.703. The highest BCUT2D eigenvalue weighted by Gasteiger charge is 2.35. The molecule has 0 aliphatic carbocycles. The molecule has 0 unspecified atom stereocenters. The van der Waals surface area contributed by atoms with Crippen molar-refractivity contribution in [3.8, 4) is 11.5 Å². The van der Waals surface area contributed by atoms with Crippen molar-refractivity contribution in [2.45, 2.75) is 19.8 Å². The van der Waals surface area contributed by atoms with Gasteiger partial charge in [-0.3, -0.25) is 9.59 Å². The molecule has 1 aliphatic heterocycles. The lowest BCUT2D eigenvalue weighted by Gasteiger charge is -2.16. The maximum atomic E-state index is 12.0. The van der Waals surface area contributed by atoms with Crippen molar-refractivity contribution in [2.24, 2.45) is 5.92 Å². The first-order chi connectivity index (χ1) is 10.6. The quantitative estimate of drug-likeness (QED) is 0.924. The topological polar surface area (TPSA) is 96.5 Å². The Kier molecular flexibility index (Phi) is 3.62. The van der Waals surface area contributed by atoms with Gasteiger partial charge in [-0.1, -0.05) is 18.1 Å². The van der Waals surface area contributed by atoms with Gasteiger partial charge in [0.1, 0.15) is 0 Å². The molecule has 2 aromatic rings. The summed E-state index contributed by atoms with van der Waals surface area (Å²) in [6.45, 7) is 2.11. The number of benzene rings is 1. The van der Waals surface area contributed by atoms with Gasteiger partial charge in [-0.15, -0.1) is 0 Å². The van der Waals surface area contributed by atoms with E-state index in [0.717, 1.165) is 0 Å². The van der Waals surface area contributed by atoms with Crippen molar-refractivity contribution in [1.82, 2.24) is 10.1 Å². The van der Waals surface area contributed by atoms with E-state index in [1.807, 2.05) is 13.0 Å². The predicted octanol–water partition coefficient (Wildman–Crippen LogP) is 1.74. The highest BCUT2D eigenvalue weighted by molar-refractivity contribution is 5.99. The van der Waals surface area contributed by atoms with Crippen LogP contribution in [0.3, 0.4) is 0 Å². The molecule has 1 N–H and O–H groups in total. The van der Waals surface area contributed by atoms with Gasteiger partial charge < -0.3 is 14.5 Å². The molecular weight excluding hydrogens is 286 g/mol. The molecular formula is C15H15N3O4. The summed E-state index contributed by atoms with van der Waals surface area (Å²) < 4.78 is 5.19. The van der Waals surface area contributed by atoms with E-state index in [-0.39, 0.29) is 18.9 Å².